The van der Waals surface area contributed by atoms with Crippen molar-refractivity contribution >= 4 is 17.5 Å². The quantitative estimate of drug-likeness (QED) is 0.719. The molecule has 29 heavy (non-hydrogen) atoms. The summed E-state index contributed by atoms with van der Waals surface area (Å²) in [5.74, 6) is 0.761. The molecule has 0 saturated carbocycles. The third kappa shape index (κ3) is 4.53. The summed E-state index contributed by atoms with van der Waals surface area (Å²) in [6, 6.07) is 15.3. The first-order valence-corrected chi connectivity index (χ1v) is 9.81. The van der Waals surface area contributed by atoms with Gasteiger partial charge in [0.15, 0.2) is 0 Å². The molecule has 3 rings (SSSR count). The van der Waals surface area contributed by atoms with Crippen LogP contribution in [-0.2, 0) is 16.1 Å². The van der Waals surface area contributed by atoms with Crippen molar-refractivity contribution in [2.24, 2.45) is 5.92 Å². The Morgan fingerprint density at radius 2 is 1.86 bits per heavy atom. The number of methoxy groups -OCH3 is 2. The van der Waals surface area contributed by atoms with Gasteiger partial charge in [-0.2, -0.15) is 0 Å². The largest absolute Gasteiger partial charge is 0.497 e. The minimum absolute atomic E-state index is 0.00665. The lowest BCUT2D eigenvalue weighted by molar-refractivity contribution is -0.138. The van der Waals surface area contributed by atoms with Crippen LogP contribution >= 0.6 is 0 Å². The molecule has 1 atom stereocenters. The van der Waals surface area contributed by atoms with Gasteiger partial charge in [0.2, 0.25) is 11.8 Å². The smallest absolute Gasteiger partial charge is 0.228 e. The fourth-order valence-corrected chi connectivity index (χ4v) is 3.64. The molecule has 6 heteroatoms. The van der Waals surface area contributed by atoms with Gasteiger partial charge in [-0.1, -0.05) is 30.3 Å². The molecule has 6 nitrogen and oxygen atoms in total. The second-order valence-corrected chi connectivity index (χ2v) is 7.49. The lowest BCUT2D eigenvalue weighted by atomic mass is 10.1. The van der Waals surface area contributed by atoms with Gasteiger partial charge < -0.3 is 19.3 Å². The number of ether oxygens (including phenoxy) is 2. The average molecular weight is 396 g/mol. The zero-order chi connectivity index (χ0) is 21.0. The van der Waals surface area contributed by atoms with Gasteiger partial charge in [0, 0.05) is 31.6 Å². The molecule has 1 aliphatic rings. The summed E-state index contributed by atoms with van der Waals surface area (Å²) in [5, 5.41) is 0. The Bertz CT molecular complexity index is 866. The number of nitrogens with zero attached hydrogens (tertiary/aromatic N) is 2. The highest BCUT2D eigenvalue weighted by atomic mass is 16.5. The van der Waals surface area contributed by atoms with E-state index in [9.17, 15) is 9.59 Å². The van der Waals surface area contributed by atoms with Gasteiger partial charge in [-0.05, 0) is 31.5 Å². The molecule has 1 heterocycles. The van der Waals surface area contributed by atoms with E-state index in [0.717, 1.165) is 5.56 Å². The molecule has 2 aromatic carbocycles. The molecule has 0 unspecified atom stereocenters. The van der Waals surface area contributed by atoms with Crippen molar-refractivity contribution in [1.29, 1.82) is 0 Å². The Morgan fingerprint density at radius 3 is 2.48 bits per heavy atom. The Kier molecular flexibility index (Phi) is 6.42. The third-order valence-electron chi connectivity index (χ3n) is 5.25. The van der Waals surface area contributed by atoms with Crippen LogP contribution in [0, 0.1) is 5.92 Å². The molecule has 0 bridgehead atoms. The maximum absolute atomic E-state index is 13.3. The number of hydrogen-bond acceptors (Lipinski definition) is 4. The Morgan fingerprint density at radius 1 is 1.14 bits per heavy atom. The van der Waals surface area contributed by atoms with E-state index in [4.69, 9.17) is 9.47 Å². The van der Waals surface area contributed by atoms with Crippen molar-refractivity contribution in [3.8, 4) is 11.5 Å². The zero-order valence-corrected chi connectivity index (χ0v) is 17.4. The van der Waals surface area contributed by atoms with Crippen molar-refractivity contribution in [2.45, 2.75) is 32.9 Å². The summed E-state index contributed by atoms with van der Waals surface area (Å²) in [4.78, 5) is 29.5. The van der Waals surface area contributed by atoms with Crippen LogP contribution in [0.2, 0.25) is 0 Å². The Balaban J connectivity index is 1.79. The lowest BCUT2D eigenvalue weighted by Gasteiger charge is -2.29. The topological polar surface area (TPSA) is 59.1 Å². The SMILES string of the molecule is COc1ccc(N2C[C@H](C(=O)N(Cc3ccccc3)C(C)C)CC2=O)c(OC)c1. The molecule has 1 aliphatic heterocycles. The van der Waals surface area contributed by atoms with Gasteiger partial charge in [-0.25, -0.2) is 0 Å². The predicted molar refractivity (Wildman–Crippen MR) is 112 cm³/mol. The van der Waals surface area contributed by atoms with Gasteiger partial charge in [0.1, 0.15) is 11.5 Å². The van der Waals surface area contributed by atoms with E-state index < -0.39 is 0 Å². The molecular formula is C23H28N2O4. The van der Waals surface area contributed by atoms with Gasteiger partial charge >= 0.3 is 0 Å². The number of anilines is 1. The molecule has 0 spiro atoms. The van der Waals surface area contributed by atoms with Crippen molar-refractivity contribution < 1.29 is 19.1 Å². The summed E-state index contributed by atoms with van der Waals surface area (Å²) in [6.45, 7) is 4.88. The van der Waals surface area contributed by atoms with E-state index in [1.54, 1.807) is 37.3 Å². The van der Waals surface area contributed by atoms with E-state index in [1.807, 2.05) is 49.1 Å². The summed E-state index contributed by atoms with van der Waals surface area (Å²) >= 11 is 0. The van der Waals surface area contributed by atoms with Crippen molar-refractivity contribution in [1.82, 2.24) is 4.90 Å². The first-order chi connectivity index (χ1) is 13.9. The summed E-state index contributed by atoms with van der Waals surface area (Å²) in [5.41, 5.74) is 1.74. The molecule has 0 radical (unpaired) electrons. The number of rotatable bonds is 7. The van der Waals surface area contributed by atoms with Crippen LogP contribution in [-0.4, -0.2) is 43.5 Å². The van der Waals surface area contributed by atoms with Crippen LogP contribution in [0.1, 0.15) is 25.8 Å². The third-order valence-corrected chi connectivity index (χ3v) is 5.25. The van der Waals surface area contributed by atoms with Crippen LogP contribution in [0.3, 0.4) is 0 Å². The number of hydrogen-bond donors (Lipinski definition) is 0. The monoisotopic (exact) mass is 396 g/mol. The van der Waals surface area contributed by atoms with Gasteiger partial charge in [0.25, 0.3) is 0 Å². The Hall–Kier alpha value is -3.02. The van der Waals surface area contributed by atoms with Crippen LogP contribution in [0.25, 0.3) is 0 Å². The van der Waals surface area contributed by atoms with E-state index >= 15 is 0 Å². The normalized spacial score (nSPS) is 16.2. The molecule has 1 fully saturated rings. The minimum atomic E-state index is -0.375. The molecule has 0 N–H and O–H groups in total. The molecule has 2 aromatic rings. The lowest BCUT2D eigenvalue weighted by Crippen LogP contribution is -2.41. The van der Waals surface area contributed by atoms with Crippen molar-refractivity contribution in [3.05, 3.63) is 54.1 Å². The van der Waals surface area contributed by atoms with Gasteiger partial charge in [-0.15, -0.1) is 0 Å². The highest BCUT2D eigenvalue weighted by Gasteiger charge is 2.38. The number of benzene rings is 2. The van der Waals surface area contributed by atoms with Crippen LogP contribution in [0.5, 0.6) is 11.5 Å². The van der Waals surface area contributed by atoms with Crippen LogP contribution < -0.4 is 14.4 Å². The standard InChI is InChI=1S/C23H28N2O4/c1-16(2)24(14-17-8-6-5-7-9-17)23(27)18-12-22(26)25(15-18)20-11-10-19(28-3)13-21(20)29-4/h5-11,13,16,18H,12,14-15H2,1-4H3/t18-/m1/s1. The molecular weight excluding hydrogens is 368 g/mol. The molecule has 1 saturated heterocycles. The van der Waals surface area contributed by atoms with E-state index in [2.05, 4.69) is 0 Å². The second kappa shape index (κ2) is 8.99. The Labute approximate surface area is 172 Å². The first kappa shape index (κ1) is 20.7. The fourth-order valence-electron chi connectivity index (χ4n) is 3.64. The van der Waals surface area contributed by atoms with Crippen LogP contribution in [0.4, 0.5) is 5.69 Å². The highest BCUT2D eigenvalue weighted by molar-refractivity contribution is 6.01. The van der Waals surface area contributed by atoms with Gasteiger partial charge in [-0.3, -0.25) is 9.59 Å². The summed E-state index contributed by atoms with van der Waals surface area (Å²) < 4.78 is 10.7. The van der Waals surface area contributed by atoms with Crippen molar-refractivity contribution in [2.75, 3.05) is 25.7 Å². The molecule has 0 aromatic heterocycles. The molecule has 2 amide bonds. The predicted octanol–water partition coefficient (Wildman–Crippen LogP) is 3.49. The average Bonchev–Trinajstić information content (AvgIpc) is 3.13. The first-order valence-electron chi connectivity index (χ1n) is 9.81. The fraction of sp³-hybridized carbons (Fsp3) is 0.391. The van der Waals surface area contributed by atoms with Gasteiger partial charge in [0.05, 0.1) is 25.8 Å². The second-order valence-electron chi connectivity index (χ2n) is 7.49. The minimum Gasteiger partial charge on any atom is -0.497 e. The zero-order valence-electron chi connectivity index (χ0n) is 17.4. The van der Waals surface area contributed by atoms with Crippen molar-refractivity contribution in [3.63, 3.8) is 0 Å². The van der Waals surface area contributed by atoms with E-state index in [1.165, 1.54) is 0 Å². The van der Waals surface area contributed by atoms with E-state index in [0.29, 0.717) is 30.3 Å². The van der Waals surface area contributed by atoms with E-state index in [-0.39, 0.29) is 30.2 Å². The number of amides is 2. The number of carbonyl (C=O) groups is 2. The highest BCUT2D eigenvalue weighted by Crippen LogP contribution is 2.36. The number of carbonyl (C=O) groups excluding carboxylic acids is 2. The maximum Gasteiger partial charge on any atom is 0.228 e. The molecule has 154 valence electrons. The summed E-state index contributed by atoms with van der Waals surface area (Å²) in [7, 11) is 3.14. The van der Waals surface area contributed by atoms with Crippen LogP contribution in [0.15, 0.2) is 48.5 Å². The molecule has 0 aliphatic carbocycles. The summed E-state index contributed by atoms with van der Waals surface area (Å²) in [6.07, 6.45) is 0.200. The maximum atomic E-state index is 13.3.